The quantitative estimate of drug-likeness (QED) is 0.0342. The maximum absolute atomic E-state index is 11.9. The summed E-state index contributed by atoms with van der Waals surface area (Å²) in [5.74, 6) is 1.99. The lowest BCUT2D eigenvalue weighted by molar-refractivity contribution is -0.223. The van der Waals surface area contributed by atoms with Gasteiger partial charge in [0.1, 0.15) is 29.6 Å². The van der Waals surface area contributed by atoms with Crippen molar-refractivity contribution in [1.29, 1.82) is 0 Å². The van der Waals surface area contributed by atoms with E-state index < -0.39 is 5.79 Å². The van der Waals surface area contributed by atoms with Crippen molar-refractivity contribution in [1.82, 2.24) is 4.98 Å². The van der Waals surface area contributed by atoms with Crippen LogP contribution in [0.25, 0.3) is 0 Å². The number of carbonyl (C=O) groups is 1. The monoisotopic (exact) mass is 832 g/mol. The van der Waals surface area contributed by atoms with Crippen molar-refractivity contribution >= 4 is 23.8 Å². The second-order valence-electron chi connectivity index (χ2n) is 15.6. The van der Waals surface area contributed by atoms with Crippen molar-refractivity contribution < 1.29 is 38.8 Å². The first-order valence-electron chi connectivity index (χ1n) is 21.1. The Morgan fingerprint density at radius 3 is 2.47 bits per heavy atom. The van der Waals surface area contributed by atoms with Crippen LogP contribution in [0.15, 0.2) is 121 Å². The Kier molecular flexibility index (Phi) is 15.1. The van der Waals surface area contributed by atoms with E-state index in [9.17, 15) is 15.0 Å². The van der Waals surface area contributed by atoms with E-state index in [1.165, 1.54) is 12.7 Å². The fourth-order valence-corrected chi connectivity index (χ4v) is 10.6. The third kappa shape index (κ3) is 9.81. The number of unbranched alkanes of at least 4 members (excludes halogenated alkanes) is 2. The van der Waals surface area contributed by atoms with Crippen molar-refractivity contribution in [3.63, 3.8) is 0 Å². The molecule has 2 aliphatic carbocycles. The highest BCUT2D eigenvalue weighted by molar-refractivity contribution is 8.00. The molecule has 1 aliphatic heterocycles. The molecule has 0 saturated heterocycles. The summed E-state index contributed by atoms with van der Waals surface area (Å²) < 4.78 is 26.3. The molecule has 3 aromatic carbocycles. The largest absolute Gasteiger partial charge is 0.496 e. The Morgan fingerprint density at radius 2 is 1.72 bits per heavy atom. The maximum atomic E-state index is 11.9. The molecule has 4 aromatic rings. The zero-order valence-corrected chi connectivity index (χ0v) is 35.1. The zero-order chi connectivity index (χ0) is 41.7. The molecule has 10 nitrogen and oxygen atoms in total. The van der Waals surface area contributed by atoms with E-state index >= 15 is 0 Å². The van der Waals surface area contributed by atoms with Crippen LogP contribution in [0.2, 0.25) is 0 Å². The van der Waals surface area contributed by atoms with Crippen LogP contribution in [0.3, 0.4) is 0 Å². The molecule has 1 saturated carbocycles. The summed E-state index contributed by atoms with van der Waals surface area (Å²) in [5, 5.41) is 24.6. The molecule has 0 radical (unpaired) electrons. The molecule has 0 unspecified atom stereocenters. The lowest BCUT2D eigenvalue weighted by Crippen LogP contribution is -2.64. The van der Waals surface area contributed by atoms with Crippen LogP contribution >= 0.6 is 11.8 Å². The lowest BCUT2D eigenvalue weighted by Gasteiger charge is -2.58. The van der Waals surface area contributed by atoms with E-state index in [1.54, 1.807) is 24.3 Å². The van der Waals surface area contributed by atoms with Gasteiger partial charge in [0.25, 0.3) is 0 Å². The molecule has 6 atom stereocenters. The van der Waals surface area contributed by atoms with Gasteiger partial charge in [0.05, 0.1) is 36.2 Å². The number of carbonyl (C=O) groups excluding carboxylic acids is 1. The van der Waals surface area contributed by atoms with E-state index in [0.29, 0.717) is 48.7 Å². The SMILES string of the molecule is C=CCO[C@@]12Oc3ccc(Oc4ccc(OC)c(C=O)c4)cc3[C@H]3[C@H](CCCCO)[C@@H](CCCCO)C=C(C(=NOCc4ccccc4)C[C@@H]1SCCc1ccncc1)[C@H]32. The van der Waals surface area contributed by atoms with Gasteiger partial charge in [0.15, 0.2) is 6.29 Å². The number of allylic oxidation sites excluding steroid dienone is 1. The van der Waals surface area contributed by atoms with E-state index in [-0.39, 0.29) is 48.7 Å². The highest BCUT2D eigenvalue weighted by Crippen LogP contribution is 2.62. The molecule has 316 valence electrons. The number of nitrogens with zero attached hydrogens (tertiary/aromatic N) is 2. The zero-order valence-electron chi connectivity index (χ0n) is 34.3. The van der Waals surface area contributed by atoms with Crippen molar-refractivity contribution in [3.8, 4) is 23.0 Å². The summed E-state index contributed by atoms with van der Waals surface area (Å²) >= 11 is 1.83. The minimum Gasteiger partial charge on any atom is -0.496 e. The number of aromatic nitrogens is 1. The number of aryl methyl sites for hydroxylation is 1. The van der Waals surface area contributed by atoms with E-state index in [4.69, 9.17) is 28.9 Å². The van der Waals surface area contributed by atoms with Gasteiger partial charge in [-0.2, -0.15) is 11.8 Å². The molecule has 1 aromatic heterocycles. The molecule has 3 aliphatic rings. The van der Waals surface area contributed by atoms with E-state index in [2.05, 4.69) is 35.8 Å². The number of aliphatic hydroxyl groups is 2. The number of hydrogen-bond donors (Lipinski definition) is 2. The van der Waals surface area contributed by atoms with Crippen molar-refractivity contribution in [2.75, 3.05) is 32.7 Å². The summed E-state index contributed by atoms with van der Waals surface area (Å²) in [5.41, 5.74) is 5.61. The minimum atomic E-state index is -1.08. The number of aldehydes is 1. The maximum Gasteiger partial charge on any atom is 0.230 e. The molecule has 2 heterocycles. The molecule has 60 heavy (non-hydrogen) atoms. The normalized spacial score (nSPS) is 23.4. The number of benzene rings is 3. The summed E-state index contributed by atoms with van der Waals surface area (Å²) in [7, 11) is 1.53. The van der Waals surface area contributed by atoms with Gasteiger partial charge >= 0.3 is 0 Å². The average Bonchev–Trinajstić information content (AvgIpc) is 3.28. The molecule has 1 fully saturated rings. The van der Waals surface area contributed by atoms with Gasteiger partial charge in [-0.25, -0.2) is 0 Å². The number of oxime groups is 1. The van der Waals surface area contributed by atoms with Gasteiger partial charge in [0.2, 0.25) is 5.79 Å². The number of ether oxygens (including phenoxy) is 4. The number of hydrogen-bond acceptors (Lipinski definition) is 11. The Bertz CT molecular complexity index is 2100. The van der Waals surface area contributed by atoms with Crippen LogP contribution in [-0.4, -0.2) is 70.9 Å². The van der Waals surface area contributed by atoms with Gasteiger partial charge < -0.3 is 34.0 Å². The number of aliphatic hydroxyl groups excluding tert-OH is 2. The fourth-order valence-electron chi connectivity index (χ4n) is 9.17. The third-order valence-corrected chi connectivity index (χ3v) is 13.2. The van der Waals surface area contributed by atoms with Crippen molar-refractivity contribution in [3.05, 3.63) is 138 Å². The fraction of sp³-hybridized carbons (Fsp3) is 0.408. The Balaban J connectivity index is 1.36. The molecular weight excluding hydrogens is 777 g/mol. The van der Waals surface area contributed by atoms with Gasteiger partial charge in [-0.3, -0.25) is 9.78 Å². The van der Waals surface area contributed by atoms with E-state index in [0.717, 1.165) is 72.3 Å². The number of pyridine rings is 1. The molecule has 0 bridgehead atoms. The van der Waals surface area contributed by atoms with Crippen molar-refractivity contribution in [2.45, 2.75) is 74.9 Å². The van der Waals surface area contributed by atoms with Crippen LogP contribution < -0.4 is 14.2 Å². The second kappa shape index (κ2) is 21.0. The van der Waals surface area contributed by atoms with E-state index in [1.807, 2.05) is 66.6 Å². The highest BCUT2D eigenvalue weighted by Gasteiger charge is 2.64. The number of fused-ring (bicyclic) bond motifs is 2. The molecule has 0 spiro atoms. The van der Waals surface area contributed by atoms with Crippen molar-refractivity contribution in [2.24, 2.45) is 22.9 Å². The molecule has 7 rings (SSSR count). The second-order valence-corrected chi connectivity index (χ2v) is 16.9. The molecule has 0 amide bonds. The summed E-state index contributed by atoms with van der Waals surface area (Å²) in [6.07, 6.45) is 14.9. The predicted octanol–water partition coefficient (Wildman–Crippen LogP) is 9.50. The van der Waals surface area contributed by atoms with Gasteiger partial charge in [-0.05, 0) is 115 Å². The Morgan fingerprint density at radius 1 is 0.950 bits per heavy atom. The minimum absolute atomic E-state index is 0.0933. The topological polar surface area (TPSA) is 129 Å². The van der Waals surface area contributed by atoms with Crippen LogP contribution in [-0.2, 0) is 22.6 Å². The first-order valence-corrected chi connectivity index (χ1v) is 22.1. The average molecular weight is 833 g/mol. The number of rotatable bonds is 22. The third-order valence-electron chi connectivity index (χ3n) is 11.9. The first kappa shape index (κ1) is 43.2. The van der Waals surface area contributed by atoms with Crippen LogP contribution in [0.1, 0.15) is 77.9 Å². The Labute approximate surface area is 357 Å². The Hall–Kier alpha value is -4.94. The van der Waals surface area contributed by atoms with Crippen LogP contribution in [0, 0.1) is 17.8 Å². The smallest absolute Gasteiger partial charge is 0.230 e. The highest BCUT2D eigenvalue weighted by atomic mass is 32.2. The number of methoxy groups -OCH3 is 1. The van der Waals surface area contributed by atoms with Gasteiger partial charge in [-0.1, -0.05) is 60.5 Å². The van der Waals surface area contributed by atoms with Gasteiger partial charge in [0, 0.05) is 43.5 Å². The predicted molar refractivity (Wildman–Crippen MR) is 235 cm³/mol. The van der Waals surface area contributed by atoms with Crippen LogP contribution in [0.5, 0.6) is 23.0 Å². The summed E-state index contributed by atoms with van der Waals surface area (Å²) in [6, 6.07) is 25.3. The molecule has 11 heteroatoms. The van der Waals surface area contributed by atoms with Gasteiger partial charge in [-0.15, -0.1) is 6.58 Å². The number of thioether (sulfide) groups is 1. The molecular formula is C49H56N2O8S. The van der Waals surface area contributed by atoms with Crippen LogP contribution in [0.4, 0.5) is 0 Å². The lowest BCUT2D eigenvalue weighted by atomic mass is 9.56. The summed E-state index contributed by atoms with van der Waals surface area (Å²) in [6.45, 7) is 4.94. The summed E-state index contributed by atoms with van der Waals surface area (Å²) in [4.78, 5) is 22.3. The first-order chi connectivity index (χ1) is 29.5. The standard InChI is InChI=1S/C49H56N2O8S/c1-3-26-56-49-46(60-27-21-34-19-22-50-23-20-34)31-43(51-57-33-35-11-5-4-6-12-35)41-29-36(13-7-9-24-52)40(14-8-10-25-53)47(48(41)49)42-30-39(16-18-45(42)59-49)58-38-15-17-44(55-2)37(28-38)32-54/h3-6,11-12,15-20,22-23,28-30,32,36,40,46-48,52-53H,1,7-10,13-14,21,24-27,31,33H2,2H3/t36-,40+,46-,47+,48+,49+/m0/s1. The molecule has 2 N–H and O–H groups in total.